The van der Waals surface area contributed by atoms with E-state index in [1.54, 1.807) is 0 Å². The van der Waals surface area contributed by atoms with E-state index in [2.05, 4.69) is 57.8 Å². The molecule has 1 unspecified atom stereocenters. The lowest BCUT2D eigenvalue weighted by molar-refractivity contribution is 0.499. The third-order valence-electron chi connectivity index (χ3n) is 2.94. The Balaban J connectivity index is 2.25. The van der Waals surface area contributed by atoms with Gasteiger partial charge in [-0.25, -0.2) is 8.42 Å². The van der Waals surface area contributed by atoms with Crippen LogP contribution >= 0.6 is 47.8 Å². The van der Waals surface area contributed by atoms with E-state index in [0.717, 1.165) is 17.4 Å². The van der Waals surface area contributed by atoms with Crippen molar-refractivity contribution in [3.8, 4) is 0 Å². The van der Waals surface area contributed by atoms with E-state index in [1.807, 2.05) is 12.1 Å². The SMILES string of the molecule is O=S(=O)(Nc1c(Br)cc(Br)cc1Br)C1CCCNC1. The highest BCUT2D eigenvalue weighted by atomic mass is 79.9. The maximum atomic E-state index is 12.3. The van der Waals surface area contributed by atoms with Gasteiger partial charge in [0.2, 0.25) is 10.0 Å². The quantitative estimate of drug-likeness (QED) is 0.702. The predicted octanol–water partition coefficient (Wildman–Crippen LogP) is 3.47. The predicted molar refractivity (Wildman–Crippen MR) is 88.0 cm³/mol. The van der Waals surface area contributed by atoms with Crippen molar-refractivity contribution in [2.45, 2.75) is 18.1 Å². The van der Waals surface area contributed by atoms with E-state index >= 15 is 0 Å². The van der Waals surface area contributed by atoms with Gasteiger partial charge in [0, 0.05) is 20.0 Å². The number of rotatable bonds is 3. The first-order chi connectivity index (χ1) is 8.90. The maximum absolute atomic E-state index is 12.3. The van der Waals surface area contributed by atoms with Crippen molar-refractivity contribution < 1.29 is 8.42 Å². The van der Waals surface area contributed by atoms with Crippen molar-refractivity contribution in [2.75, 3.05) is 17.8 Å². The van der Waals surface area contributed by atoms with Crippen LogP contribution in [0.5, 0.6) is 0 Å². The average molecular weight is 477 g/mol. The minimum atomic E-state index is -3.38. The summed E-state index contributed by atoms with van der Waals surface area (Å²) in [6.07, 6.45) is 1.57. The Bertz CT molecular complexity index is 548. The van der Waals surface area contributed by atoms with Gasteiger partial charge in [0.05, 0.1) is 10.9 Å². The van der Waals surface area contributed by atoms with E-state index in [9.17, 15) is 8.42 Å². The first kappa shape index (κ1) is 15.8. The molecule has 0 saturated carbocycles. The van der Waals surface area contributed by atoms with Crippen molar-refractivity contribution in [3.63, 3.8) is 0 Å². The minimum Gasteiger partial charge on any atom is -0.315 e. The summed E-state index contributed by atoms with van der Waals surface area (Å²) in [5.41, 5.74) is 0.536. The molecule has 1 fully saturated rings. The van der Waals surface area contributed by atoms with E-state index < -0.39 is 10.0 Å². The van der Waals surface area contributed by atoms with Gasteiger partial charge in [-0.05, 0) is 63.4 Å². The summed E-state index contributed by atoms with van der Waals surface area (Å²) in [7, 11) is -3.38. The number of hydrogen-bond acceptors (Lipinski definition) is 3. The van der Waals surface area contributed by atoms with Crippen LogP contribution < -0.4 is 10.0 Å². The Morgan fingerprint density at radius 3 is 2.37 bits per heavy atom. The standard InChI is InChI=1S/C11H13Br3N2O2S/c12-7-4-9(13)11(10(14)5-7)16-19(17,18)8-2-1-3-15-6-8/h4-5,8,15-16H,1-3,6H2. The number of nitrogens with one attached hydrogen (secondary N) is 2. The lowest BCUT2D eigenvalue weighted by Crippen LogP contribution is -2.41. The van der Waals surface area contributed by atoms with E-state index in [0.29, 0.717) is 27.6 Å². The van der Waals surface area contributed by atoms with Gasteiger partial charge >= 0.3 is 0 Å². The molecule has 1 aromatic carbocycles. The molecule has 1 saturated heterocycles. The molecule has 19 heavy (non-hydrogen) atoms. The largest absolute Gasteiger partial charge is 0.315 e. The molecule has 8 heteroatoms. The summed E-state index contributed by atoms with van der Waals surface area (Å²) in [6.45, 7) is 1.39. The molecule has 0 radical (unpaired) electrons. The van der Waals surface area contributed by atoms with Crippen LogP contribution in [0.4, 0.5) is 5.69 Å². The van der Waals surface area contributed by atoms with Crippen molar-refractivity contribution in [1.29, 1.82) is 0 Å². The molecule has 1 aliphatic rings. The van der Waals surface area contributed by atoms with Crippen molar-refractivity contribution in [2.24, 2.45) is 0 Å². The molecule has 0 aliphatic carbocycles. The summed E-state index contributed by atoms with van der Waals surface area (Å²) in [5, 5.41) is 2.73. The number of piperidine rings is 1. The van der Waals surface area contributed by atoms with Gasteiger partial charge in [0.15, 0.2) is 0 Å². The van der Waals surface area contributed by atoms with Crippen LogP contribution in [0.3, 0.4) is 0 Å². The number of hydrogen-bond donors (Lipinski definition) is 2. The third kappa shape index (κ3) is 3.93. The van der Waals surface area contributed by atoms with Gasteiger partial charge in [0.25, 0.3) is 0 Å². The highest BCUT2D eigenvalue weighted by Crippen LogP contribution is 2.35. The zero-order valence-corrected chi connectivity index (χ0v) is 15.5. The number of anilines is 1. The molecule has 0 amide bonds. The molecule has 1 aromatic rings. The van der Waals surface area contributed by atoms with Gasteiger partial charge in [-0.3, -0.25) is 4.72 Å². The molecular weight excluding hydrogens is 464 g/mol. The molecular formula is C11H13Br3N2O2S. The van der Waals surface area contributed by atoms with E-state index in [1.165, 1.54) is 0 Å². The second-order valence-corrected chi connectivity index (χ2v) is 8.95. The molecule has 1 atom stereocenters. The van der Waals surface area contributed by atoms with Crippen LogP contribution in [-0.4, -0.2) is 26.8 Å². The van der Waals surface area contributed by atoms with Crippen molar-refractivity contribution in [1.82, 2.24) is 5.32 Å². The lowest BCUT2D eigenvalue weighted by atomic mass is 10.2. The van der Waals surface area contributed by atoms with Crippen LogP contribution in [0.1, 0.15) is 12.8 Å². The number of benzene rings is 1. The zero-order valence-electron chi connectivity index (χ0n) is 9.92. The fourth-order valence-electron chi connectivity index (χ4n) is 1.95. The second kappa shape index (κ2) is 6.43. The Labute approximate surface area is 138 Å². The Kier molecular flexibility index (Phi) is 5.33. The van der Waals surface area contributed by atoms with E-state index in [4.69, 9.17) is 0 Å². The number of sulfonamides is 1. The minimum absolute atomic E-state index is 0.385. The summed E-state index contributed by atoms with van der Waals surface area (Å²) in [6, 6.07) is 3.61. The van der Waals surface area contributed by atoms with Gasteiger partial charge < -0.3 is 5.32 Å². The molecule has 106 valence electrons. The molecule has 1 aliphatic heterocycles. The highest BCUT2D eigenvalue weighted by Gasteiger charge is 2.28. The second-order valence-electron chi connectivity index (χ2n) is 4.36. The molecule has 0 aromatic heterocycles. The highest BCUT2D eigenvalue weighted by molar-refractivity contribution is 9.11. The van der Waals surface area contributed by atoms with Crippen LogP contribution in [0.25, 0.3) is 0 Å². The first-order valence-corrected chi connectivity index (χ1v) is 9.69. The maximum Gasteiger partial charge on any atom is 0.236 e. The summed E-state index contributed by atoms with van der Waals surface area (Å²) in [4.78, 5) is 0. The Morgan fingerprint density at radius 1 is 1.21 bits per heavy atom. The van der Waals surface area contributed by atoms with Gasteiger partial charge in [-0.2, -0.15) is 0 Å². The van der Waals surface area contributed by atoms with Crippen molar-refractivity contribution in [3.05, 3.63) is 25.6 Å². The van der Waals surface area contributed by atoms with Gasteiger partial charge in [-0.1, -0.05) is 15.9 Å². The fraction of sp³-hybridized carbons (Fsp3) is 0.455. The van der Waals surface area contributed by atoms with Gasteiger partial charge in [0.1, 0.15) is 0 Å². The zero-order chi connectivity index (χ0) is 14.0. The summed E-state index contributed by atoms with van der Waals surface area (Å²) >= 11 is 10.1. The Hall–Kier alpha value is 0.370. The first-order valence-electron chi connectivity index (χ1n) is 5.77. The molecule has 4 nitrogen and oxygen atoms in total. The van der Waals surface area contributed by atoms with Crippen LogP contribution in [-0.2, 0) is 10.0 Å². The number of halogens is 3. The van der Waals surface area contributed by atoms with Gasteiger partial charge in [-0.15, -0.1) is 0 Å². The van der Waals surface area contributed by atoms with Crippen molar-refractivity contribution >= 4 is 63.5 Å². The average Bonchev–Trinajstić information content (AvgIpc) is 2.35. The van der Waals surface area contributed by atoms with Crippen LogP contribution in [0, 0.1) is 0 Å². The molecule has 0 spiro atoms. The fourth-order valence-corrected chi connectivity index (χ4v) is 6.15. The Morgan fingerprint density at radius 2 is 1.84 bits per heavy atom. The monoisotopic (exact) mass is 474 g/mol. The molecule has 0 bridgehead atoms. The normalized spacial score (nSPS) is 20.3. The van der Waals surface area contributed by atoms with Crippen LogP contribution in [0.15, 0.2) is 25.6 Å². The van der Waals surface area contributed by atoms with Crippen LogP contribution in [0.2, 0.25) is 0 Å². The van der Waals surface area contributed by atoms with E-state index in [-0.39, 0.29) is 5.25 Å². The molecule has 1 heterocycles. The summed E-state index contributed by atoms with van der Waals surface area (Å²) < 4.78 is 29.6. The topological polar surface area (TPSA) is 58.2 Å². The summed E-state index contributed by atoms with van der Waals surface area (Å²) in [5.74, 6) is 0. The molecule has 2 N–H and O–H groups in total. The lowest BCUT2D eigenvalue weighted by Gasteiger charge is -2.24. The molecule has 2 rings (SSSR count). The third-order valence-corrected chi connectivity index (χ3v) is 6.42. The smallest absolute Gasteiger partial charge is 0.236 e.